The lowest BCUT2D eigenvalue weighted by molar-refractivity contribution is -0.126. The third-order valence-corrected chi connectivity index (χ3v) is 4.34. The van der Waals surface area contributed by atoms with Crippen LogP contribution in [0.1, 0.15) is 26.2 Å². The lowest BCUT2D eigenvalue weighted by Gasteiger charge is -2.25. The summed E-state index contributed by atoms with van der Waals surface area (Å²) >= 11 is 1.95. The van der Waals surface area contributed by atoms with E-state index in [9.17, 15) is 4.79 Å². The third kappa shape index (κ3) is 1.83. The van der Waals surface area contributed by atoms with Crippen LogP contribution < -0.4 is 10.6 Å². The van der Waals surface area contributed by atoms with Crippen LogP contribution in [0, 0.1) is 5.92 Å². The monoisotopic (exact) mass is 200 g/mol. The molecule has 13 heavy (non-hydrogen) atoms. The Labute approximate surface area is 83.0 Å². The summed E-state index contributed by atoms with van der Waals surface area (Å²) in [5, 5.41) is 7.25. The first kappa shape index (κ1) is 9.34. The van der Waals surface area contributed by atoms with Crippen LogP contribution in [0.15, 0.2) is 0 Å². The first-order chi connectivity index (χ1) is 6.31. The minimum Gasteiger partial charge on any atom is -0.343 e. The summed E-state index contributed by atoms with van der Waals surface area (Å²) in [5.41, 5.74) is 0. The number of nitrogens with one attached hydrogen (secondary N) is 2. The summed E-state index contributed by atoms with van der Waals surface area (Å²) < 4.78 is 0. The molecule has 2 saturated heterocycles. The highest BCUT2D eigenvalue weighted by molar-refractivity contribution is 8.00. The Morgan fingerprint density at radius 2 is 2.46 bits per heavy atom. The molecule has 3 atom stereocenters. The van der Waals surface area contributed by atoms with E-state index in [1.165, 1.54) is 12.8 Å². The second-order valence-corrected chi connectivity index (χ2v) is 5.18. The van der Waals surface area contributed by atoms with Crippen molar-refractivity contribution in [2.45, 2.75) is 36.8 Å². The molecule has 3 nitrogen and oxygen atoms in total. The van der Waals surface area contributed by atoms with E-state index >= 15 is 0 Å². The molecule has 0 aromatic rings. The number of rotatable bonds is 2. The molecule has 2 rings (SSSR count). The van der Waals surface area contributed by atoms with Crippen LogP contribution in [-0.2, 0) is 4.79 Å². The van der Waals surface area contributed by atoms with Crippen LogP contribution in [0.3, 0.4) is 0 Å². The summed E-state index contributed by atoms with van der Waals surface area (Å²) in [6.45, 7) is 2.85. The maximum absolute atomic E-state index is 11.5. The predicted molar refractivity (Wildman–Crippen MR) is 54.3 cm³/mol. The molecule has 0 aliphatic carbocycles. The van der Waals surface area contributed by atoms with Crippen molar-refractivity contribution in [3.8, 4) is 0 Å². The minimum atomic E-state index is 0.218. The number of fused-ring (bicyclic) bond motifs is 1. The van der Waals surface area contributed by atoms with E-state index in [2.05, 4.69) is 17.6 Å². The maximum Gasteiger partial charge on any atom is 0.226 e. The van der Waals surface area contributed by atoms with E-state index in [0.717, 1.165) is 6.42 Å². The van der Waals surface area contributed by atoms with E-state index < -0.39 is 0 Å². The Morgan fingerprint density at radius 3 is 3.15 bits per heavy atom. The fourth-order valence-corrected chi connectivity index (χ4v) is 3.79. The average molecular weight is 200 g/mol. The molecule has 0 bridgehead atoms. The number of carbonyl (C=O) groups excluding carboxylic acids is 1. The van der Waals surface area contributed by atoms with Crippen molar-refractivity contribution in [1.29, 1.82) is 0 Å². The van der Waals surface area contributed by atoms with Crippen molar-refractivity contribution in [3.63, 3.8) is 0 Å². The fraction of sp³-hybridized carbons (Fsp3) is 0.889. The SMILES string of the molecule is CCCC1CC2C(=O)NCNC2S1. The van der Waals surface area contributed by atoms with Crippen LogP contribution in [0.2, 0.25) is 0 Å². The van der Waals surface area contributed by atoms with Crippen LogP contribution in [0.5, 0.6) is 0 Å². The topological polar surface area (TPSA) is 41.1 Å². The van der Waals surface area contributed by atoms with E-state index in [-0.39, 0.29) is 11.8 Å². The van der Waals surface area contributed by atoms with Crippen LogP contribution >= 0.6 is 11.8 Å². The fourth-order valence-electron chi connectivity index (χ4n) is 2.08. The van der Waals surface area contributed by atoms with Gasteiger partial charge in [-0.05, 0) is 12.8 Å². The number of hydrogen-bond donors (Lipinski definition) is 2. The molecule has 2 heterocycles. The Hall–Kier alpha value is -0.220. The van der Waals surface area contributed by atoms with Crippen molar-refractivity contribution in [2.75, 3.05) is 6.67 Å². The summed E-state index contributed by atoms with van der Waals surface area (Å²) in [6, 6.07) is 0. The maximum atomic E-state index is 11.5. The summed E-state index contributed by atoms with van der Waals surface area (Å²) in [5.74, 6) is 0.463. The predicted octanol–water partition coefficient (Wildman–Crippen LogP) is 0.911. The summed E-state index contributed by atoms with van der Waals surface area (Å²) in [6.07, 6.45) is 3.52. The number of hydrogen-bond acceptors (Lipinski definition) is 3. The highest BCUT2D eigenvalue weighted by Crippen LogP contribution is 2.40. The Morgan fingerprint density at radius 1 is 1.62 bits per heavy atom. The largest absolute Gasteiger partial charge is 0.343 e. The molecule has 0 spiro atoms. The lowest BCUT2D eigenvalue weighted by atomic mass is 9.99. The minimum absolute atomic E-state index is 0.218. The Bertz CT molecular complexity index is 210. The van der Waals surface area contributed by atoms with Crippen molar-refractivity contribution >= 4 is 17.7 Å². The van der Waals surface area contributed by atoms with Gasteiger partial charge in [-0.25, -0.2) is 0 Å². The first-order valence-electron chi connectivity index (χ1n) is 4.98. The van der Waals surface area contributed by atoms with Gasteiger partial charge in [0.2, 0.25) is 5.91 Å². The number of thioether (sulfide) groups is 1. The van der Waals surface area contributed by atoms with Gasteiger partial charge in [0.25, 0.3) is 0 Å². The molecule has 2 fully saturated rings. The van der Waals surface area contributed by atoms with Crippen molar-refractivity contribution < 1.29 is 4.79 Å². The highest BCUT2D eigenvalue weighted by Gasteiger charge is 2.40. The van der Waals surface area contributed by atoms with Crippen LogP contribution in [0.4, 0.5) is 0 Å². The molecule has 4 heteroatoms. The molecule has 0 saturated carbocycles. The van der Waals surface area contributed by atoms with E-state index in [4.69, 9.17) is 0 Å². The number of carbonyl (C=O) groups is 1. The molecular weight excluding hydrogens is 184 g/mol. The van der Waals surface area contributed by atoms with Gasteiger partial charge in [-0.1, -0.05) is 13.3 Å². The van der Waals surface area contributed by atoms with Crippen molar-refractivity contribution in [3.05, 3.63) is 0 Å². The van der Waals surface area contributed by atoms with Gasteiger partial charge < -0.3 is 5.32 Å². The second-order valence-electron chi connectivity index (χ2n) is 3.73. The molecule has 3 unspecified atom stereocenters. The van der Waals surface area contributed by atoms with Gasteiger partial charge in [-0.15, -0.1) is 11.8 Å². The zero-order valence-electron chi connectivity index (χ0n) is 7.88. The van der Waals surface area contributed by atoms with Gasteiger partial charge in [-0.3, -0.25) is 10.1 Å². The van der Waals surface area contributed by atoms with Gasteiger partial charge in [0.1, 0.15) is 0 Å². The van der Waals surface area contributed by atoms with Gasteiger partial charge >= 0.3 is 0 Å². The molecule has 2 aliphatic rings. The van der Waals surface area contributed by atoms with Gasteiger partial charge in [-0.2, -0.15) is 0 Å². The zero-order chi connectivity index (χ0) is 9.26. The smallest absolute Gasteiger partial charge is 0.226 e. The molecular formula is C9H16N2OS. The molecule has 2 N–H and O–H groups in total. The molecule has 0 aromatic heterocycles. The van der Waals surface area contributed by atoms with Crippen molar-refractivity contribution in [1.82, 2.24) is 10.6 Å². The normalized spacial score (nSPS) is 38.5. The first-order valence-corrected chi connectivity index (χ1v) is 5.92. The number of amides is 1. The molecule has 0 radical (unpaired) electrons. The van der Waals surface area contributed by atoms with Gasteiger partial charge in [0, 0.05) is 5.25 Å². The Kier molecular flexibility index (Phi) is 2.79. The summed E-state index contributed by atoms with van der Waals surface area (Å²) in [7, 11) is 0. The average Bonchev–Trinajstić information content (AvgIpc) is 2.49. The van der Waals surface area contributed by atoms with E-state index in [1.807, 2.05) is 11.8 Å². The second kappa shape index (κ2) is 3.88. The van der Waals surface area contributed by atoms with Crippen LogP contribution in [-0.4, -0.2) is 23.2 Å². The van der Waals surface area contributed by atoms with Gasteiger partial charge in [0.15, 0.2) is 0 Å². The summed E-state index contributed by atoms with van der Waals surface area (Å²) in [4.78, 5) is 11.5. The molecule has 2 aliphatic heterocycles. The van der Waals surface area contributed by atoms with Crippen LogP contribution in [0.25, 0.3) is 0 Å². The third-order valence-electron chi connectivity index (χ3n) is 2.73. The molecule has 74 valence electrons. The molecule has 1 amide bonds. The van der Waals surface area contributed by atoms with Crippen molar-refractivity contribution in [2.24, 2.45) is 5.92 Å². The molecule has 0 aromatic carbocycles. The standard InChI is InChI=1S/C9H16N2OS/c1-2-3-6-4-7-8(12)10-5-11-9(7)13-6/h6-7,9,11H,2-5H2,1H3,(H,10,12). The Balaban J connectivity index is 1.96. The van der Waals surface area contributed by atoms with E-state index in [0.29, 0.717) is 17.3 Å². The zero-order valence-corrected chi connectivity index (χ0v) is 8.69. The van der Waals surface area contributed by atoms with E-state index in [1.54, 1.807) is 0 Å². The van der Waals surface area contributed by atoms with Gasteiger partial charge in [0.05, 0.1) is 18.0 Å². The lowest BCUT2D eigenvalue weighted by Crippen LogP contribution is -2.51. The quantitative estimate of drug-likeness (QED) is 0.696. The highest BCUT2D eigenvalue weighted by atomic mass is 32.2.